The number of rotatable bonds is 5. The van der Waals surface area contributed by atoms with Crippen LogP contribution in [0, 0.1) is 5.92 Å². The van der Waals surface area contributed by atoms with E-state index in [0.29, 0.717) is 17.9 Å². The molecule has 0 radical (unpaired) electrons. The lowest BCUT2D eigenvalue weighted by molar-refractivity contribution is -0.141. The topological polar surface area (TPSA) is 37.3 Å². The predicted octanol–water partition coefficient (Wildman–Crippen LogP) is 3.16. The molecule has 0 aliphatic heterocycles. The zero-order valence-electron chi connectivity index (χ0n) is 8.32. The molecule has 0 saturated carbocycles. The molecule has 0 aliphatic rings. The van der Waals surface area contributed by atoms with Crippen LogP contribution < -0.4 is 0 Å². The summed E-state index contributed by atoms with van der Waals surface area (Å²) in [4.78, 5) is 10.9. The van der Waals surface area contributed by atoms with Crippen molar-refractivity contribution >= 4 is 17.6 Å². The third kappa shape index (κ3) is 3.76. The minimum atomic E-state index is -0.796. The number of aliphatic carboxylic acids is 1. The van der Waals surface area contributed by atoms with Crippen molar-refractivity contribution in [2.24, 2.45) is 5.92 Å². The number of benzene rings is 1. The number of allylic oxidation sites excluding steroid dienone is 1. The highest BCUT2D eigenvalue weighted by Crippen LogP contribution is 2.16. The highest BCUT2D eigenvalue weighted by molar-refractivity contribution is 6.30. The van der Waals surface area contributed by atoms with Gasteiger partial charge in [-0.1, -0.05) is 29.8 Å². The van der Waals surface area contributed by atoms with Gasteiger partial charge >= 0.3 is 5.97 Å². The molecule has 0 heterocycles. The summed E-state index contributed by atoms with van der Waals surface area (Å²) < 4.78 is 0. The minimum Gasteiger partial charge on any atom is -0.481 e. The molecule has 80 valence electrons. The lowest BCUT2D eigenvalue weighted by Crippen LogP contribution is -2.15. The van der Waals surface area contributed by atoms with Crippen LogP contribution >= 0.6 is 11.6 Å². The van der Waals surface area contributed by atoms with Crippen molar-refractivity contribution in [1.82, 2.24) is 0 Å². The Morgan fingerprint density at radius 2 is 2.33 bits per heavy atom. The third-order valence-corrected chi connectivity index (χ3v) is 2.41. The first-order valence-electron chi connectivity index (χ1n) is 4.71. The molecule has 0 fully saturated rings. The van der Waals surface area contributed by atoms with E-state index in [2.05, 4.69) is 6.58 Å². The van der Waals surface area contributed by atoms with Gasteiger partial charge in [0, 0.05) is 5.02 Å². The zero-order chi connectivity index (χ0) is 11.3. The Hall–Kier alpha value is -1.28. The molecule has 0 aromatic heterocycles. The van der Waals surface area contributed by atoms with E-state index in [0.717, 1.165) is 5.56 Å². The molecular weight excluding hydrogens is 212 g/mol. The van der Waals surface area contributed by atoms with Gasteiger partial charge in [0.1, 0.15) is 0 Å². The first kappa shape index (κ1) is 11.8. The Morgan fingerprint density at radius 1 is 1.60 bits per heavy atom. The van der Waals surface area contributed by atoms with E-state index in [-0.39, 0.29) is 0 Å². The van der Waals surface area contributed by atoms with Crippen LogP contribution in [0.15, 0.2) is 36.9 Å². The van der Waals surface area contributed by atoms with Crippen molar-refractivity contribution in [3.05, 3.63) is 47.5 Å². The molecule has 15 heavy (non-hydrogen) atoms. The lowest BCUT2D eigenvalue weighted by Gasteiger charge is -2.09. The predicted molar refractivity (Wildman–Crippen MR) is 61.1 cm³/mol. The average molecular weight is 225 g/mol. The summed E-state index contributed by atoms with van der Waals surface area (Å²) in [5, 5.41) is 9.59. The fraction of sp³-hybridized carbons (Fsp3) is 0.250. The van der Waals surface area contributed by atoms with Gasteiger partial charge in [-0.05, 0) is 30.5 Å². The molecule has 0 aliphatic carbocycles. The van der Waals surface area contributed by atoms with Crippen molar-refractivity contribution in [3.63, 3.8) is 0 Å². The highest BCUT2D eigenvalue weighted by atomic mass is 35.5. The normalized spacial score (nSPS) is 12.1. The number of hydrogen-bond acceptors (Lipinski definition) is 1. The molecule has 0 bridgehead atoms. The lowest BCUT2D eigenvalue weighted by atomic mass is 9.96. The van der Waals surface area contributed by atoms with Crippen LogP contribution in [0.3, 0.4) is 0 Å². The van der Waals surface area contributed by atoms with Gasteiger partial charge in [0.05, 0.1) is 5.92 Å². The Balaban J connectivity index is 2.73. The largest absolute Gasteiger partial charge is 0.481 e. The zero-order valence-corrected chi connectivity index (χ0v) is 9.07. The molecule has 1 N–H and O–H groups in total. The summed E-state index contributed by atoms with van der Waals surface area (Å²) >= 11 is 5.82. The number of carbonyl (C=O) groups is 1. The van der Waals surface area contributed by atoms with E-state index >= 15 is 0 Å². The van der Waals surface area contributed by atoms with Crippen LogP contribution in [0.4, 0.5) is 0 Å². The number of carboxylic acid groups (broad SMARTS) is 1. The second kappa shape index (κ2) is 5.56. The van der Waals surface area contributed by atoms with E-state index in [1.165, 1.54) is 0 Å². The van der Waals surface area contributed by atoms with Crippen LogP contribution in [0.25, 0.3) is 0 Å². The monoisotopic (exact) mass is 224 g/mol. The Labute approximate surface area is 94.2 Å². The van der Waals surface area contributed by atoms with Crippen LogP contribution in [0.2, 0.25) is 5.02 Å². The average Bonchev–Trinajstić information content (AvgIpc) is 2.17. The van der Waals surface area contributed by atoms with Gasteiger partial charge in [0.2, 0.25) is 0 Å². The fourth-order valence-electron chi connectivity index (χ4n) is 1.42. The van der Waals surface area contributed by atoms with Crippen LogP contribution in [0.1, 0.15) is 12.0 Å². The fourth-order valence-corrected chi connectivity index (χ4v) is 1.63. The molecule has 3 heteroatoms. The minimum absolute atomic E-state index is 0.416. The maximum absolute atomic E-state index is 10.9. The quantitative estimate of drug-likeness (QED) is 0.781. The first-order chi connectivity index (χ1) is 7.13. The van der Waals surface area contributed by atoms with Crippen molar-refractivity contribution < 1.29 is 9.90 Å². The van der Waals surface area contributed by atoms with Crippen molar-refractivity contribution in [2.45, 2.75) is 12.8 Å². The SMILES string of the molecule is C=CCC(Cc1cccc(Cl)c1)C(=O)O. The number of halogens is 1. The van der Waals surface area contributed by atoms with E-state index < -0.39 is 11.9 Å². The Morgan fingerprint density at radius 3 is 2.87 bits per heavy atom. The van der Waals surface area contributed by atoms with Gasteiger partial charge in [-0.2, -0.15) is 0 Å². The van der Waals surface area contributed by atoms with Gasteiger partial charge in [0.15, 0.2) is 0 Å². The second-order valence-corrected chi connectivity index (χ2v) is 3.83. The van der Waals surface area contributed by atoms with Gasteiger partial charge in [-0.3, -0.25) is 4.79 Å². The standard InChI is InChI=1S/C12H13ClO2/c1-2-4-10(12(14)15)7-9-5-3-6-11(13)8-9/h2-3,5-6,8,10H,1,4,7H2,(H,14,15). The summed E-state index contributed by atoms with van der Waals surface area (Å²) in [5.41, 5.74) is 0.941. The summed E-state index contributed by atoms with van der Waals surface area (Å²) in [6.45, 7) is 3.55. The number of hydrogen-bond donors (Lipinski definition) is 1. The molecule has 1 rings (SSSR count). The summed E-state index contributed by atoms with van der Waals surface area (Å²) in [5.74, 6) is -1.21. The van der Waals surface area contributed by atoms with E-state index in [1.807, 2.05) is 12.1 Å². The van der Waals surface area contributed by atoms with Crippen molar-refractivity contribution in [1.29, 1.82) is 0 Å². The maximum atomic E-state index is 10.9. The first-order valence-corrected chi connectivity index (χ1v) is 5.09. The summed E-state index contributed by atoms with van der Waals surface area (Å²) in [6.07, 6.45) is 2.59. The molecule has 0 amide bonds. The molecule has 2 nitrogen and oxygen atoms in total. The molecule has 0 saturated heterocycles. The Kier molecular flexibility index (Phi) is 4.37. The second-order valence-electron chi connectivity index (χ2n) is 3.39. The van der Waals surface area contributed by atoms with E-state index in [1.54, 1.807) is 18.2 Å². The van der Waals surface area contributed by atoms with Crippen molar-refractivity contribution in [2.75, 3.05) is 0 Å². The van der Waals surface area contributed by atoms with Gasteiger partial charge in [0.25, 0.3) is 0 Å². The van der Waals surface area contributed by atoms with Gasteiger partial charge in [-0.25, -0.2) is 0 Å². The molecule has 1 aromatic carbocycles. The Bertz CT molecular complexity index is 360. The molecular formula is C12H13ClO2. The molecule has 0 spiro atoms. The van der Waals surface area contributed by atoms with Crippen molar-refractivity contribution in [3.8, 4) is 0 Å². The molecule has 1 atom stereocenters. The molecule has 1 unspecified atom stereocenters. The summed E-state index contributed by atoms with van der Waals surface area (Å²) in [6, 6.07) is 7.27. The third-order valence-electron chi connectivity index (χ3n) is 2.17. The van der Waals surface area contributed by atoms with Crippen LogP contribution in [-0.4, -0.2) is 11.1 Å². The van der Waals surface area contributed by atoms with E-state index in [9.17, 15) is 4.79 Å². The van der Waals surface area contributed by atoms with Crippen LogP contribution in [-0.2, 0) is 11.2 Å². The molecule has 1 aromatic rings. The smallest absolute Gasteiger partial charge is 0.307 e. The maximum Gasteiger partial charge on any atom is 0.307 e. The van der Waals surface area contributed by atoms with E-state index in [4.69, 9.17) is 16.7 Å². The van der Waals surface area contributed by atoms with Crippen LogP contribution in [0.5, 0.6) is 0 Å². The van der Waals surface area contributed by atoms with Gasteiger partial charge in [-0.15, -0.1) is 6.58 Å². The number of carboxylic acids is 1. The van der Waals surface area contributed by atoms with Gasteiger partial charge < -0.3 is 5.11 Å². The summed E-state index contributed by atoms with van der Waals surface area (Å²) in [7, 11) is 0. The highest BCUT2D eigenvalue weighted by Gasteiger charge is 2.16.